The summed E-state index contributed by atoms with van der Waals surface area (Å²) < 4.78 is 0. The van der Waals surface area contributed by atoms with Gasteiger partial charge in [-0.1, -0.05) is 18.3 Å². The molecule has 0 aromatic carbocycles. The molecule has 4 heterocycles. The molecule has 1 amide bonds. The van der Waals surface area contributed by atoms with Crippen molar-refractivity contribution < 1.29 is 14.8 Å². The fourth-order valence-corrected chi connectivity index (χ4v) is 4.80. The predicted octanol–water partition coefficient (Wildman–Crippen LogP) is 1.98. The maximum Gasteiger partial charge on any atom is 0.517 e. The highest BCUT2D eigenvalue weighted by Gasteiger charge is 2.47. The topological polar surface area (TPSA) is 45.0 Å². The summed E-state index contributed by atoms with van der Waals surface area (Å²) in [7, 11) is 0. The molecule has 1 unspecified atom stereocenters. The van der Waals surface area contributed by atoms with E-state index in [4.69, 9.17) is 0 Å². The lowest BCUT2D eigenvalue weighted by Crippen LogP contribution is -3.11. The minimum Gasteiger partial charge on any atom is -0.435 e. The normalized spacial score (nSPS) is 34.1. The average molecular weight is 295 g/mol. The lowest BCUT2D eigenvalue weighted by atomic mass is 9.67. The third-order valence-electron chi connectivity index (χ3n) is 5.03. The molecule has 0 radical (unpaired) electrons. The van der Waals surface area contributed by atoms with Gasteiger partial charge < -0.3 is 10.0 Å². The number of carbonyl (C=O) groups is 1. The summed E-state index contributed by atoms with van der Waals surface area (Å²) in [5.41, 5.74) is 0.127. The fraction of sp³-hybridized carbons (Fsp3) is 0.667. The summed E-state index contributed by atoms with van der Waals surface area (Å²) in [5, 5.41) is 10.5. The van der Waals surface area contributed by atoms with Crippen molar-refractivity contribution in [3.63, 3.8) is 0 Å². The second kappa shape index (κ2) is 5.13. The number of nitrogens with zero attached hydrogens (tertiary/aromatic N) is 1. The van der Waals surface area contributed by atoms with Gasteiger partial charge in [0, 0.05) is 22.9 Å². The maximum atomic E-state index is 11.7. The van der Waals surface area contributed by atoms with Crippen molar-refractivity contribution in [2.45, 2.75) is 26.7 Å². The van der Waals surface area contributed by atoms with E-state index in [1.165, 1.54) is 30.8 Å². The van der Waals surface area contributed by atoms with Crippen molar-refractivity contribution in [2.24, 2.45) is 11.3 Å². The van der Waals surface area contributed by atoms with Gasteiger partial charge in [-0.05, 0) is 44.8 Å². The van der Waals surface area contributed by atoms with Crippen molar-refractivity contribution in [3.8, 4) is 0 Å². The van der Waals surface area contributed by atoms with Crippen LogP contribution in [0.2, 0.25) is 0 Å². The van der Waals surface area contributed by atoms with E-state index in [1.54, 1.807) is 11.3 Å². The van der Waals surface area contributed by atoms with Gasteiger partial charge in [-0.25, -0.2) is 0 Å². The maximum absolute atomic E-state index is 11.7. The van der Waals surface area contributed by atoms with Gasteiger partial charge in [0.25, 0.3) is 0 Å². The Kier molecular flexibility index (Phi) is 3.60. The highest BCUT2D eigenvalue weighted by molar-refractivity contribution is 7.15. The summed E-state index contributed by atoms with van der Waals surface area (Å²) in [4.78, 5) is 16.0. The van der Waals surface area contributed by atoms with Crippen LogP contribution in [0.25, 0.3) is 0 Å². The summed E-state index contributed by atoms with van der Waals surface area (Å²) in [6, 6.07) is 3.98. The standard InChI is InChI=1S/C15H22N2O2S/c1-11-3-4-13(20-11)17(14(18)19)10-15(2)9-16-7-5-12(15)6-8-16/h3-4,12H,5-10H2,1-2H3,(H,18,19)/p+1/t15-/m0/s1. The molecule has 2 N–H and O–H groups in total. The number of rotatable bonds is 3. The molecule has 4 rings (SSSR count). The summed E-state index contributed by atoms with van der Waals surface area (Å²) in [5.74, 6) is 0.683. The molecule has 3 aliphatic rings. The number of nitrogens with one attached hydrogen (secondary N) is 1. The Labute approximate surface area is 124 Å². The van der Waals surface area contributed by atoms with E-state index in [9.17, 15) is 9.90 Å². The predicted molar refractivity (Wildman–Crippen MR) is 79.8 cm³/mol. The molecular weight excluding hydrogens is 272 g/mol. The number of quaternary nitrogens is 1. The number of carboxylic acid groups (broad SMARTS) is 1. The van der Waals surface area contributed by atoms with Gasteiger partial charge in [-0.3, -0.25) is 0 Å². The van der Waals surface area contributed by atoms with Crippen molar-refractivity contribution in [2.75, 3.05) is 26.2 Å². The van der Waals surface area contributed by atoms with E-state index in [0.717, 1.165) is 11.5 Å². The minimum atomic E-state index is -0.746. The third-order valence-corrected chi connectivity index (χ3v) is 6.10. The molecular formula is C15H23N2O2S+. The van der Waals surface area contributed by atoms with E-state index in [-0.39, 0.29) is 5.41 Å². The van der Waals surface area contributed by atoms with Crippen LogP contribution in [0.15, 0.2) is 12.1 Å². The summed E-state index contributed by atoms with van der Waals surface area (Å²) in [6.45, 7) is 8.46. The van der Waals surface area contributed by atoms with E-state index in [0.29, 0.717) is 17.4 Å². The first kappa shape index (κ1) is 14.0. The largest absolute Gasteiger partial charge is 0.517 e. The van der Waals surface area contributed by atoms with Crippen molar-refractivity contribution >= 4 is 22.4 Å². The number of hydrogen-bond donors (Lipinski definition) is 2. The molecule has 3 fully saturated rings. The number of aryl methyl sites for hydroxylation is 1. The molecule has 20 heavy (non-hydrogen) atoms. The van der Waals surface area contributed by atoms with Gasteiger partial charge in [-0.2, -0.15) is 9.69 Å². The second-order valence-electron chi connectivity index (χ2n) is 6.58. The highest BCUT2D eigenvalue weighted by atomic mass is 32.1. The molecule has 0 spiro atoms. The van der Waals surface area contributed by atoms with Crippen LogP contribution in [-0.4, -0.2) is 42.3 Å². The molecule has 1 aromatic heterocycles. The summed E-state index contributed by atoms with van der Waals surface area (Å²) in [6.07, 6.45) is 1.71. The molecule has 0 aliphatic carbocycles. The lowest BCUT2D eigenvalue weighted by Gasteiger charge is -2.51. The number of hydrogen-bond acceptors (Lipinski definition) is 3. The van der Waals surface area contributed by atoms with Crippen LogP contribution in [0.5, 0.6) is 0 Å². The van der Waals surface area contributed by atoms with Crippen LogP contribution in [0.4, 0.5) is 9.80 Å². The Morgan fingerprint density at radius 3 is 2.65 bits per heavy atom. The van der Waals surface area contributed by atoms with Gasteiger partial charge in [0.2, 0.25) is 0 Å². The quantitative estimate of drug-likeness (QED) is 0.896. The van der Waals surface area contributed by atoms with E-state index >= 15 is 0 Å². The average Bonchev–Trinajstić information content (AvgIpc) is 2.83. The zero-order valence-corrected chi connectivity index (χ0v) is 13.0. The molecule has 4 nitrogen and oxygen atoms in total. The third kappa shape index (κ3) is 2.50. The molecule has 2 atom stereocenters. The molecule has 5 heteroatoms. The van der Waals surface area contributed by atoms with Gasteiger partial charge in [0.15, 0.2) is 5.00 Å². The molecule has 3 saturated heterocycles. The molecule has 110 valence electrons. The van der Waals surface area contributed by atoms with E-state index < -0.39 is 6.09 Å². The van der Waals surface area contributed by atoms with Crippen molar-refractivity contribution in [1.82, 2.24) is 4.90 Å². The molecule has 2 bridgehead atoms. The van der Waals surface area contributed by atoms with Gasteiger partial charge in [0.1, 0.15) is 0 Å². The number of piperidine rings is 3. The first-order valence-corrected chi connectivity index (χ1v) is 8.18. The van der Waals surface area contributed by atoms with Crippen molar-refractivity contribution in [3.05, 3.63) is 17.0 Å². The SMILES string of the molecule is Cc1ccc([NH+](C[C@]2(C)CN3CCC2CC3)C(=O)O)s1. The first-order chi connectivity index (χ1) is 9.48. The second-order valence-corrected chi connectivity index (χ2v) is 7.86. The van der Waals surface area contributed by atoms with Crippen LogP contribution in [0.1, 0.15) is 24.6 Å². The van der Waals surface area contributed by atoms with Crippen molar-refractivity contribution in [1.29, 1.82) is 0 Å². The molecule has 1 aromatic rings. The molecule has 0 saturated carbocycles. The Morgan fingerprint density at radius 1 is 1.50 bits per heavy atom. The Morgan fingerprint density at radius 2 is 2.20 bits per heavy atom. The zero-order chi connectivity index (χ0) is 14.3. The van der Waals surface area contributed by atoms with Crippen LogP contribution in [-0.2, 0) is 0 Å². The first-order valence-electron chi connectivity index (χ1n) is 7.36. The van der Waals surface area contributed by atoms with Gasteiger partial charge in [0.05, 0.1) is 6.54 Å². The van der Waals surface area contributed by atoms with Gasteiger partial charge >= 0.3 is 6.09 Å². The number of fused-ring (bicyclic) bond motifs is 3. The van der Waals surface area contributed by atoms with Crippen LogP contribution >= 0.6 is 11.3 Å². The zero-order valence-electron chi connectivity index (χ0n) is 12.2. The number of thiophene rings is 1. The fourth-order valence-electron chi connectivity index (χ4n) is 3.90. The Balaban J connectivity index is 1.81. The van der Waals surface area contributed by atoms with Crippen LogP contribution in [0, 0.1) is 18.3 Å². The lowest BCUT2D eigenvalue weighted by molar-refractivity contribution is -0.760. The number of amides is 1. The van der Waals surface area contributed by atoms with E-state index in [2.05, 4.69) is 11.8 Å². The summed E-state index contributed by atoms with van der Waals surface area (Å²) >= 11 is 1.60. The van der Waals surface area contributed by atoms with Gasteiger partial charge in [-0.15, -0.1) is 0 Å². The minimum absolute atomic E-state index is 0.127. The Hall–Kier alpha value is -0.910. The van der Waals surface area contributed by atoms with Crippen LogP contribution < -0.4 is 4.90 Å². The van der Waals surface area contributed by atoms with E-state index in [1.807, 2.05) is 19.1 Å². The van der Waals surface area contributed by atoms with Crippen LogP contribution in [0.3, 0.4) is 0 Å². The Bertz CT molecular complexity index is 508. The smallest absolute Gasteiger partial charge is 0.435 e. The monoisotopic (exact) mass is 295 g/mol. The molecule has 3 aliphatic heterocycles. The highest BCUT2D eigenvalue weighted by Crippen LogP contribution is 2.41.